The first-order valence-corrected chi connectivity index (χ1v) is 7.81. The monoisotopic (exact) mass is 451 g/mol. The number of carboxylic acid groups (broad SMARTS) is 1. The first-order valence-electron chi connectivity index (χ1n) is 5.05. The molecular weight excluding hydrogens is 445 g/mol. The van der Waals surface area contributed by atoms with Crippen LogP contribution in [-0.2, 0) is 0 Å². The van der Waals surface area contributed by atoms with Crippen LogP contribution < -0.4 is 5.32 Å². The Balaban J connectivity index is 2.20. The largest absolute Gasteiger partial charge is 0.478 e. The molecule has 19 heavy (non-hydrogen) atoms. The number of hydrogen-bond donors (Lipinski definition) is 2. The molecule has 98 valence electrons. The normalized spacial score (nSPS) is 10.2. The summed E-state index contributed by atoms with van der Waals surface area (Å²) < 4.78 is 1.56. The fourth-order valence-electron chi connectivity index (χ4n) is 1.37. The van der Waals surface area contributed by atoms with Crippen molar-refractivity contribution in [3.8, 4) is 0 Å². The summed E-state index contributed by atoms with van der Waals surface area (Å²) >= 11 is 6.88. The maximum atomic E-state index is 12.0. The fourth-order valence-corrected chi connectivity index (χ4v) is 3.18. The molecule has 1 aromatic heterocycles. The highest BCUT2D eigenvalue weighted by atomic mass is 127. The Morgan fingerprint density at radius 3 is 2.53 bits per heavy atom. The van der Waals surface area contributed by atoms with Crippen molar-refractivity contribution in [3.63, 3.8) is 0 Å². The number of anilines is 1. The number of hydrogen-bond acceptors (Lipinski definition) is 3. The zero-order valence-corrected chi connectivity index (χ0v) is 13.9. The van der Waals surface area contributed by atoms with Gasteiger partial charge in [-0.3, -0.25) is 4.79 Å². The Bertz CT molecular complexity index is 656. The van der Waals surface area contributed by atoms with E-state index >= 15 is 0 Å². The summed E-state index contributed by atoms with van der Waals surface area (Å²) in [7, 11) is 0. The molecule has 0 aliphatic carbocycles. The maximum absolute atomic E-state index is 12.0. The molecule has 1 aromatic carbocycles. The van der Waals surface area contributed by atoms with Crippen LogP contribution in [0.15, 0.2) is 34.1 Å². The van der Waals surface area contributed by atoms with Gasteiger partial charge in [0.2, 0.25) is 0 Å². The molecule has 0 radical (unpaired) electrons. The third-order valence-electron chi connectivity index (χ3n) is 2.29. The molecule has 2 aromatic rings. The first-order chi connectivity index (χ1) is 8.97. The minimum atomic E-state index is -1.01. The van der Waals surface area contributed by atoms with Gasteiger partial charge in [0, 0.05) is 9.85 Å². The topological polar surface area (TPSA) is 66.4 Å². The molecule has 0 bridgehead atoms. The summed E-state index contributed by atoms with van der Waals surface area (Å²) in [6, 6.07) is 6.25. The van der Waals surface area contributed by atoms with Gasteiger partial charge in [-0.05, 0) is 62.8 Å². The maximum Gasteiger partial charge on any atom is 0.335 e. The van der Waals surface area contributed by atoms with Crippen molar-refractivity contribution in [1.82, 2.24) is 0 Å². The number of carboxylic acids is 1. The lowest BCUT2D eigenvalue weighted by Crippen LogP contribution is -2.11. The number of rotatable bonds is 3. The highest BCUT2D eigenvalue weighted by Crippen LogP contribution is 2.25. The number of carbonyl (C=O) groups excluding carboxylic acids is 1. The minimum absolute atomic E-state index is 0.162. The molecule has 0 atom stereocenters. The molecule has 0 unspecified atom stereocenters. The molecule has 0 spiro atoms. The average molecular weight is 452 g/mol. The van der Waals surface area contributed by atoms with Gasteiger partial charge in [0.25, 0.3) is 5.91 Å². The Morgan fingerprint density at radius 1 is 1.26 bits per heavy atom. The zero-order valence-electron chi connectivity index (χ0n) is 9.31. The Kier molecular flexibility index (Phi) is 4.58. The molecule has 1 amide bonds. The number of nitrogens with one attached hydrogen (secondary N) is 1. The molecule has 0 aliphatic rings. The number of aromatic carboxylic acids is 1. The van der Waals surface area contributed by atoms with Crippen LogP contribution in [0.3, 0.4) is 0 Å². The number of amides is 1. The molecular formula is C12H7BrINO3S. The minimum Gasteiger partial charge on any atom is -0.478 e. The lowest BCUT2D eigenvalue weighted by molar-refractivity contribution is 0.0696. The van der Waals surface area contributed by atoms with Gasteiger partial charge in [0.05, 0.1) is 19.7 Å². The van der Waals surface area contributed by atoms with Crippen LogP contribution >= 0.6 is 49.9 Å². The molecule has 0 saturated heterocycles. The molecule has 0 fully saturated rings. The summed E-state index contributed by atoms with van der Waals surface area (Å²) in [6.45, 7) is 0. The van der Waals surface area contributed by atoms with Crippen molar-refractivity contribution in [3.05, 3.63) is 48.1 Å². The van der Waals surface area contributed by atoms with Crippen molar-refractivity contribution < 1.29 is 14.7 Å². The summed E-state index contributed by atoms with van der Waals surface area (Å²) in [5.74, 6) is -1.23. The summed E-state index contributed by atoms with van der Waals surface area (Å²) in [5.41, 5.74) is 1.29. The van der Waals surface area contributed by atoms with Crippen LogP contribution in [0.25, 0.3) is 0 Å². The van der Waals surface area contributed by atoms with Crippen LogP contribution in [0.5, 0.6) is 0 Å². The van der Waals surface area contributed by atoms with E-state index in [2.05, 4.69) is 43.8 Å². The van der Waals surface area contributed by atoms with Gasteiger partial charge >= 0.3 is 5.97 Å². The summed E-state index contributed by atoms with van der Waals surface area (Å²) in [4.78, 5) is 22.8. The highest BCUT2D eigenvalue weighted by molar-refractivity contribution is 14.1. The third-order valence-corrected chi connectivity index (χ3v) is 4.74. The van der Waals surface area contributed by atoms with E-state index in [1.165, 1.54) is 23.5 Å². The van der Waals surface area contributed by atoms with Crippen LogP contribution in [-0.4, -0.2) is 17.0 Å². The van der Waals surface area contributed by atoms with E-state index in [0.717, 1.165) is 2.88 Å². The molecule has 2 N–H and O–H groups in total. The number of carbonyl (C=O) groups is 2. The quantitative estimate of drug-likeness (QED) is 0.691. The van der Waals surface area contributed by atoms with Crippen LogP contribution in [0.2, 0.25) is 0 Å². The van der Waals surface area contributed by atoms with E-state index in [1.54, 1.807) is 17.5 Å². The standard InChI is InChI=1S/C12H7BrINO3S/c13-8-3-6(12(17)18)1-2-9(8)15-11(16)7-4-10(14)19-5-7/h1-5H,(H,15,16)(H,17,18). The number of benzene rings is 1. The second-order valence-corrected chi connectivity index (χ2v) is 7.25. The molecule has 2 rings (SSSR count). The summed E-state index contributed by atoms with van der Waals surface area (Å²) in [6.07, 6.45) is 0. The molecule has 7 heteroatoms. The third kappa shape index (κ3) is 3.54. The van der Waals surface area contributed by atoms with Gasteiger partial charge in [0.15, 0.2) is 0 Å². The predicted molar refractivity (Wildman–Crippen MR) is 86.1 cm³/mol. The van der Waals surface area contributed by atoms with Crippen LogP contribution in [0, 0.1) is 2.88 Å². The van der Waals surface area contributed by atoms with E-state index in [9.17, 15) is 9.59 Å². The van der Waals surface area contributed by atoms with Crippen LogP contribution in [0.1, 0.15) is 20.7 Å². The van der Waals surface area contributed by atoms with Crippen molar-refractivity contribution >= 4 is 67.4 Å². The fraction of sp³-hybridized carbons (Fsp3) is 0. The van der Waals surface area contributed by atoms with Gasteiger partial charge in [-0.15, -0.1) is 11.3 Å². The molecule has 1 heterocycles. The van der Waals surface area contributed by atoms with Crippen molar-refractivity contribution in [2.24, 2.45) is 0 Å². The Morgan fingerprint density at radius 2 is 2.00 bits per heavy atom. The SMILES string of the molecule is O=C(O)c1ccc(NC(=O)c2csc(I)c2)c(Br)c1. The number of thiophene rings is 1. The van der Waals surface area contributed by atoms with Crippen molar-refractivity contribution in [2.75, 3.05) is 5.32 Å². The van der Waals surface area contributed by atoms with Crippen LogP contribution in [0.4, 0.5) is 5.69 Å². The Labute approximate surface area is 135 Å². The zero-order chi connectivity index (χ0) is 14.0. The van der Waals surface area contributed by atoms with E-state index in [1.807, 2.05) is 0 Å². The van der Waals surface area contributed by atoms with Gasteiger partial charge in [0.1, 0.15) is 0 Å². The van der Waals surface area contributed by atoms with E-state index in [-0.39, 0.29) is 11.5 Å². The smallest absolute Gasteiger partial charge is 0.335 e. The Hall–Kier alpha value is -0.930. The van der Waals surface area contributed by atoms with Crippen molar-refractivity contribution in [1.29, 1.82) is 0 Å². The molecule has 0 saturated carbocycles. The van der Waals surface area contributed by atoms with Gasteiger partial charge in [-0.1, -0.05) is 0 Å². The van der Waals surface area contributed by atoms with Gasteiger partial charge in [-0.25, -0.2) is 4.79 Å². The lowest BCUT2D eigenvalue weighted by Gasteiger charge is -2.07. The predicted octanol–water partition coefficient (Wildman–Crippen LogP) is 4.07. The van der Waals surface area contributed by atoms with E-state index < -0.39 is 5.97 Å². The second kappa shape index (κ2) is 6.02. The van der Waals surface area contributed by atoms with Crippen molar-refractivity contribution in [2.45, 2.75) is 0 Å². The first kappa shape index (κ1) is 14.5. The van der Waals surface area contributed by atoms with E-state index in [4.69, 9.17) is 5.11 Å². The van der Waals surface area contributed by atoms with Gasteiger partial charge in [-0.2, -0.15) is 0 Å². The molecule has 4 nitrogen and oxygen atoms in total. The highest BCUT2D eigenvalue weighted by Gasteiger charge is 2.11. The second-order valence-electron chi connectivity index (χ2n) is 3.59. The van der Waals surface area contributed by atoms with Gasteiger partial charge < -0.3 is 10.4 Å². The average Bonchev–Trinajstić information content (AvgIpc) is 2.78. The lowest BCUT2D eigenvalue weighted by atomic mass is 10.2. The van der Waals surface area contributed by atoms with E-state index in [0.29, 0.717) is 15.7 Å². The molecule has 0 aliphatic heterocycles. The summed E-state index contributed by atoms with van der Waals surface area (Å²) in [5, 5.41) is 13.4. The number of halogens is 2.